The lowest BCUT2D eigenvalue weighted by molar-refractivity contribution is 0.630. The highest BCUT2D eigenvalue weighted by atomic mass is 32.2. The maximum atomic E-state index is 14.2. The first-order valence-electron chi connectivity index (χ1n) is 7.36. The van der Waals surface area contributed by atoms with Crippen LogP contribution in [0.5, 0.6) is 0 Å². The monoisotopic (exact) mass is 329 g/mol. The molecule has 0 spiro atoms. The van der Waals surface area contributed by atoms with Crippen molar-refractivity contribution >= 4 is 22.8 Å². The Morgan fingerprint density at radius 1 is 1.17 bits per heavy atom. The first-order valence-corrected chi connectivity index (χ1v) is 8.58. The summed E-state index contributed by atoms with van der Waals surface area (Å²) in [7, 11) is 0. The molecule has 0 radical (unpaired) electrons. The second-order valence-electron chi connectivity index (χ2n) is 5.10. The lowest BCUT2D eigenvalue weighted by Gasteiger charge is -2.12. The number of aryl methyl sites for hydroxylation is 1. The van der Waals surface area contributed by atoms with E-state index in [2.05, 4.69) is 9.97 Å². The van der Waals surface area contributed by atoms with Crippen molar-refractivity contribution in [3.63, 3.8) is 0 Å². The maximum Gasteiger partial charge on any atom is 0.252 e. The Morgan fingerprint density at radius 3 is 2.65 bits per heavy atom. The predicted molar refractivity (Wildman–Crippen MR) is 91.3 cm³/mol. The third kappa shape index (κ3) is 2.86. The molecule has 23 heavy (non-hydrogen) atoms. The molecule has 6 heteroatoms. The van der Waals surface area contributed by atoms with Crippen LogP contribution < -0.4 is 5.56 Å². The zero-order valence-corrected chi connectivity index (χ0v) is 13.7. The number of aromatic nitrogens is 3. The van der Waals surface area contributed by atoms with Gasteiger partial charge in [-0.15, -0.1) is 0 Å². The Morgan fingerprint density at radius 2 is 1.96 bits per heavy atom. The zero-order chi connectivity index (χ0) is 16.4. The van der Waals surface area contributed by atoms with Gasteiger partial charge in [-0.1, -0.05) is 30.8 Å². The van der Waals surface area contributed by atoms with Gasteiger partial charge in [-0.2, -0.15) is 0 Å². The molecular weight excluding hydrogens is 313 g/mol. The van der Waals surface area contributed by atoms with E-state index < -0.39 is 0 Å². The van der Waals surface area contributed by atoms with Crippen LogP contribution >= 0.6 is 11.8 Å². The molecule has 4 nitrogen and oxygen atoms in total. The molecule has 118 valence electrons. The van der Waals surface area contributed by atoms with Crippen molar-refractivity contribution < 1.29 is 4.39 Å². The van der Waals surface area contributed by atoms with E-state index >= 15 is 0 Å². The van der Waals surface area contributed by atoms with Gasteiger partial charge in [-0.25, -0.2) is 14.4 Å². The van der Waals surface area contributed by atoms with Crippen molar-refractivity contribution in [2.45, 2.75) is 25.0 Å². The van der Waals surface area contributed by atoms with E-state index in [0.717, 1.165) is 6.42 Å². The summed E-state index contributed by atoms with van der Waals surface area (Å²) in [6.45, 7) is 2.57. The van der Waals surface area contributed by atoms with E-state index in [1.807, 2.05) is 13.2 Å². The number of rotatable bonds is 4. The summed E-state index contributed by atoms with van der Waals surface area (Å²) in [5.74, 6) is -0.340. The van der Waals surface area contributed by atoms with Crippen LogP contribution in [0.3, 0.4) is 0 Å². The molecule has 0 aliphatic rings. The molecule has 0 aliphatic carbocycles. The second kappa shape index (κ2) is 6.50. The number of pyridine rings is 1. The van der Waals surface area contributed by atoms with Gasteiger partial charge < -0.3 is 0 Å². The Kier molecular flexibility index (Phi) is 4.43. The van der Waals surface area contributed by atoms with Crippen molar-refractivity contribution in [3.8, 4) is 11.3 Å². The minimum absolute atomic E-state index is 0.107. The van der Waals surface area contributed by atoms with Crippen LogP contribution in [-0.4, -0.2) is 20.8 Å². The average Bonchev–Trinajstić information content (AvgIpc) is 2.57. The lowest BCUT2D eigenvalue weighted by atomic mass is 10.1. The van der Waals surface area contributed by atoms with Crippen molar-refractivity contribution in [1.82, 2.24) is 14.5 Å². The highest BCUT2D eigenvalue weighted by molar-refractivity contribution is 7.98. The first-order chi connectivity index (χ1) is 11.2. The highest BCUT2D eigenvalue weighted by Crippen LogP contribution is 2.29. The number of nitrogens with zero attached hydrogens (tertiary/aromatic N) is 3. The topological polar surface area (TPSA) is 47.8 Å². The Bertz CT molecular complexity index is 923. The summed E-state index contributed by atoms with van der Waals surface area (Å²) >= 11 is 1.37. The molecule has 0 saturated heterocycles. The highest BCUT2D eigenvalue weighted by Gasteiger charge is 2.15. The van der Waals surface area contributed by atoms with Gasteiger partial charge in [0.1, 0.15) is 11.5 Å². The largest absolute Gasteiger partial charge is 0.293 e. The lowest BCUT2D eigenvalue weighted by Crippen LogP contribution is -2.20. The van der Waals surface area contributed by atoms with Gasteiger partial charge in [0.25, 0.3) is 5.56 Å². The molecule has 3 rings (SSSR count). The third-order valence-corrected chi connectivity index (χ3v) is 4.13. The standard InChI is InChI=1S/C17H16FN3OS/c1-3-10-21-14(22)9-8-12-15(11-6-4-5-7-13(11)18)19-17(23-2)20-16(12)21/h4-9H,3,10H2,1-2H3. The molecule has 0 fully saturated rings. The number of halogens is 1. The third-order valence-electron chi connectivity index (χ3n) is 3.58. The fraction of sp³-hybridized carbons (Fsp3) is 0.235. The molecule has 2 heterocycles. The number of hydrogen-bond acceptors (Lipinski definition) is 4. The number of benzene rings is 1. The molecule has 1 aromatic carbocycles. The Hall–Kier alpha value is -2.21. The minimum Gasteiger partial charge on any atom is -0.293 e. The molecular formula is C17H16FN3OS. The Labute approximate surface area is 137 Å². The summed E-state index contributed by atoms with van der Waals surface area (Å²) in [5.41, 5.74) is 1.38. The van der Waals surface area contributed by atoms with Crippen molar-refractivity contribution in [2.24, 2.45) is 0 Å². The summed E-state index contributed by atoms with van der Waals surface area (Å²) in [6, 6.07) is 9.68. The predicted octanol–water partition coefficient (Wildman–Crippen LogP) is 3.73. The summed E-state index contributed by atoms with van der Waals surface area (Å²) in [4.78, 5) is 21.1. The molecule has 0 aliphatic heterocycles. The van der Waals surface area contributed by atoms with E-state index in [0.29, 0.717) is 34.0 Å². The van der Waals surface area contributed by atoms with E-state index in [1.165, 1.54) is 23.9 Å². The summed E-state index contributed by atoms with van der Waals surface area (Å²) < 4.78 is 15.9. The quantitative estimate of drug-likeness (QED) is 0.540. The summed E-state index contributed by atoms with van der Waals surface area (Å²) in [6.07, 6.45) is 2.67. The minimum atomic E-state index is -0.340. The van der Waals surface area contributed by atoms with Crippen LogP contribution in [0.2, 0.25) is 0 Å². The van der Waals surface area contributed by atoms with Crippen LogP contribution in [0.25, 0.3) is 22.3 Å². The van der Waals surface area contributed by atoms with Gasteiger partial charge in [-0.3, -0.25) is 9.36 Å². The molecule has 0 unspecified atom stereocenters. The molecule has 0 N–H and O–H groups in total. The van der Waals surface area contributed by atoms with Crippen LogP contribution in [-0.2, 0) is 6.54 Å². The molecule has 0 atom stereocenters. The molecule has 2 aromatic heterocycles. The smallest absolute Gasteiger partial charge is 0.252 e. The van der Waals surface area contributed by atoms with Crippen LogP contribution in [0.1, 0.15) is 13.3 Å². The molecule has 0 saturated carbocycles. The molecule has 3 aromatic rings. The van der Waals surface area contributed by atoms with Crippen LogP contribution in [0, 0.1) is 5.82 Å². The fourth-order valence-corrected chi connectivity index (χ4v) is 2.90. The van der Waals surface area contributed by atoms with Gasteiger partial charge in [-0.05, 0) is 30.9 Å². The number of hydrogen-bond donors (Lipinski definition) is 0. The zero-order valence-electron chi connectivity index (χ0n) is 12.9. The van der Waals surface area contributed by atoms with Crippen molar-refractivity contribution in [2.75, 3.05) is 6.26 Å². The van der Waals surface area contributed by atoms with Gasteiger partial charge in [0.2, 0.25) is 0 Å². The number of thioether (sulfide) groups is 1. The number of fused-ring (bicyclic) bond motifs is 1. The fourth-order valence-electron chi connectivity index (χ4n) is 2.54. The van der Waals surface area contributed by atoms with Crippen molar-refractivity contribution in [1.29, 1.82) is 0 Å². The Balaban J connectivity index is 2.41. The van der Waals surface area contributed by atoms with Gasteiger partial charge in [0.15, 0.2) is 5.16 Å². The van der Waals surface area contributed by atoms with E-state index in [9.17, 15) is 9.18 Å². The van der Waals surface area contributed by atoms with E-state index in [1.54, 1.807) is 28.8 Å². The van der Waals surface area contributed by atoms with Gasteiger partial charge >= 0.3 is 0 Å². The van der Waals surface area contributed by atoms with Gasteiger partial charge in [0, 0.05) is 23.6 Å². The van der Waals surface area contributed by atoms with E-state index in [4.69, 9.17) is 0 Å². The molecule has 0 bridgehead atoms. The maximum absolute atomic E-state index is 14.2. The normalized spacial score (nSPS) is 11.1. The SMILES string of the molecule is CCCn1c(=O)ccc2c(-c3ccccc3F)nc(SC)nc21. The first kappa shape index (κ1) is 15.7. The van der Waals surface area contributed by atoms with Crippen molar-refractivity contribution in [3.05, 3.63) is 52.6 Å². The second-order valence-corrected chi connectivity index (χ2v) is 5.87. The average molecular weight is 329 g/mol. The summed E-state index contributed by atoms with van der Waals surface area (Å²) in [5, 5.41) is 1.20. The van der Waals surface area contributed by atoms with Crippen LogP contribution in [0.15, 0.2) is 46.3 Å². The van der Waals surface area contributed by atoms with E-state index in [-0.39, 0.29) is 11.4 Å². The molecule has 0 amide bonds. The van der Waals surface area contributed by atoms with Crippen LogP contribution in [0.4, 0.5) is 4.39 Å². The van der Waals surface area contributed by atoms with Gasteiger partial charge in [0.05, 0.1) is 5.69 Å².